The van der Waals surface area contributed by atoms with Crippen LogP contribution < -0.4 is 10.1 Å². The first-order chi connectivity index (χ1) is 10.9. The third kappa shape index (κ3) is 5.52. The van der Waals surface area contributed by atoms with E-state index in [-0.39, 0.29) is 12.1 Å². The van der Waals surface area contributed by atoms with Crippen molar-refractivity contribution >= 4 is 5.97 Å². The highest BCUT2D eigenvalue weighted by Crippen LogP contribution is 2.21. The summed E-state index contributed by atoms with van der Waals surface area (Å²) in [6.07, 6.45) is 1.96. The normalized spacial score (nSPS) is 21.5. The van der Waals surface area contributed by atoms with E-state index in [1.807, 2.05) is 6.07 Å². The van der Waals surface area contributed by atoms with E-state index in [1.54, 1.807) is 0 Å². The molecule has 1 saturated heterocycles. The van der Waals surface area contributed by atoms with Gasteiger partial charge in [0.2, 0.25) is 0 Å². The van der Waals surface area contributed by atoms with Gasteiger partial charge in [-0.05, 0) is 56.9 Å². The van der Waals surface area contributed by atoms with Gasteiger partial charge in [0.15, 0.2) is 0 Å². The largest absolute Gasteiger partial charge is 0.494 e. The number of ether oxygens (including phenoxy) is 1. The van der Waals surface area contributed by atoms with E-state index >= 15 is 0 Å². The highest BCUT2D eigenvalue weighted by molar-refractivity contribution is 5.69. The molecule has 0 aromatic heterocycles. The second kappa shape index (κ2) is 7.79. The van der Waals surface area contributed by atoms with Crippen LogP contribution in [0.3, 0.4) is 0 Å². The standard InChI is InChI=1S/C18H28N2O3/c1-14-5-6-16(11-15(14)2)23-10-4-8-20-9-7-18(3,13-20)19-12-17(21)22/h5-6,11,19H,4,7-10,12-13H2,1-3H3,(H,21,22)/t18-/m1/s1. The predicted molar refractivity (Wildman–Crippen MR) is 91.1 cm³/mol. The number of hydrogen-bond acceptors (Lipinski definition) is 4. The molecule has 1 aliphatic rings. The highest BCUT2D eigenvalue weighted by atomic mass is 16.5. The lowest BCUT2D eigenvalue weighted by molar-refractivity contribution is -0.136. The average Bonchev–Trinajstić information content (AvgIpc) is 2.87. The average molecular weight is 320 g/mol. The number of hydrogen-bond donors (Lipinski definition) is 2. The Morgan fingerprint density at radius 2 is 2.17 bits per heavy atom. The van der Waals surface area contributed by atoms with Crippen LogP contribution in [0, 0.1) is 13.8 Å². The summed E-state index contributed by atoms with van der Waals surface area (Å²) < 4.78 is 5.81. The van der Waals surface area contributed by atoms with Crippen LogP contribution in [0.4, 0.5) is 0 Å². The first kappa shape index (κ1) is 17.8. The molecule has 0 spiro atoms. The Kier molecular flexibility index (Phi) is 6.02. The van der Waals surface area contributed by atoms with Gasteiger partial charge in [-0.15, -0.1) is 0 Å². The Labute approximate surface area is 138 Å². The molecule has 1 fully saturated rings. The zero-order valence-corrected chi connectivity index (χ0v) is 14.4. The maximum atomic E-state index is 10.7. The Bertz CT molecular complexity index is 547. The zero-order valence-electron chi connectivity index (χ0n) is 14.4. The van der Waals surface area contributed by atoms with Gasteiger partial charge in [-0.25, -0.2) is 0 Å². The van der Waals surface area contributed by atoms with Gasteiger partial charge in [0, 0.05) is 25.2 Å². The van der Waals surface area contributed by atoms with Crippen LogP contribution in [-0.4, -0.2) is 54.3 Å². The molecule has 2 N–H and O–H groups in total. The highest BCUT2D eigenvalue weighted by Gasteiger charge is 2.33. The summed E-state index contributed by atoms with van der Waals surface area (Å²) in [5.74, 6) is 0.133. The maximum Gasteiger partial charge on any atom is 0.317 e. The van der Waals surface area contributed by atoms with Crippen molar-refractivity contribution in [2.45, 2.75) is 39.2 Å². The van der Waals surface area contributed by atoms with E-state index in [0.29, 0.717) is 6.61 Å². The lowest BCUT2D eigenvalue weighted by Crippen LogP contribution is -2.47. The van der Waals surface area contributed by atoms with Gasteiger partial charge in [-0.1, -0.05) is 6.07 Å². The van der Waals surface area contributed by atoms with Crippen LogP contribution in [0.2, 0.25) is 0 Å². The number of likely N-dealkylation sites (tertiary alicyclic amines) is 1. The van der Waals surface area contributed by atoms with Gasteiger partial charge in [0.25, 0.3) is 0 Å². The van der Waals surface area contributed by atoms with Gasteiger partial charge in [-0.2, -0.15) is 0 Å². The van der Waals surface area contributed by atoms with Crippen molar-refractivity contribution in [2.24, 2.45) is 0 Å². The number of carboxylic acids is 1. The Morgan fingerprint density at radius 3 is 2.87 bits per heavy atom. The number of nitrogens with zero attached hydrogens (tertiary/aromatic N) is 1. The molecular formula is C18H28N2O3. The molecule has 1 aromatic carbocycles. The van der Waals surface area contributed by atoms with Crippen LogP contribution in [-0.2, 0) is 4.79 Å². The molecule has 0 radical (unpaired) electrons. The van der Waals surface area contributed by atoms with Crippen LogP contribution >= 0.6 is 0 Å². The Hall–Kier alpha value is -1.59. The number of rotatable bonds is 8. The fourth-order valence-corrected chi connectivity index (χ4v) is 2.96. The van der Waals surface area contributed by atoms with E-state index in [2.05, 4.69) is 43.1 Å². The third-order valence-corrected chi connectivity index (χ3v) is 4.58. The van der Waals surface area contributed by atoms with Crippen molar-refractivity contribution in [2.75, 3.05) is 32.8 Å². The number of benzene rings is 1. The molecule has 5 heteroatoms. The number of nitrogens with one attached hydrogen (secondary N) is 1. The molecule has 5 nitrogen and oxygen atoms in total. The van der Waals surface area contributed by atoms with Gasteiger partial charge < -0.3 is 20.1 Å². The molecule has 128 valence electrons. The number of aliphatic carboxylic acids is 1. The number of carboxylic acid groups (broad SMARTS) is 1. The van der Waals surface area contributed by atoms with E-state index < -0.39 is 5.97 Å². The van der Waals surface area contributed by atoms with Gasteiger partial charge in [0.1, 0.15) is 5.75 Å². The minimum absolute atomic E-state index is 0.0280. The molecule has 23 heavy (non-hydrogen) atoms. The van der Waals surface area contributed by atoms with Gasteiger partial charge >= 0.3 is 5.97 Å². The lowest BCUT2D eigenvalue weighted by atomic mass is 10.0. The fraction of sp³-hybridized carbons (Fsp3) is 0.611. The molecule has 0 amide bonds. The minimum Gasteiger partial charge on any atom is -0.494 e. The predicted octanol–water partition coefficient (Wildman–Crippen LogP) is 2.21. The van der Waals surface area contributed by atoms with E-state index in [9.17, 15) is 4.79 Å². The smallest absolute Gasteiger partial charge is 0.317 e. The fourth-order valence-electron chi connectivity index (χ4n) is 2.96. The van der Waals surface area contributed by atoms with E-state index in [1.165, 1.54) is 11.1 Å². The molecule has 1 heterocycles. The Balaban J connectivity index is 1.67. The summed E-state index contributed by atoms with van der Waals surface area (Å²) >= 11 is 0. The summed E-state index contributed by atoms with van der Waals surface area (Å²) in [7, 11) is 0. The van der Waals surface area contributed by atoms with Crippen molar-refractivity contribution < 1.29 is 14.6 Å². The number of aryl methyl sites for hydroxylation is 2. The molecule has 0 saturated carbocycles. The van der Waals surface area contributed by atoms with Crippen LogP contribution in [0.1, 0.15) is 30.9 Å². The van der Waals surface area contributed by atoms with Crippen molar-refractivity contribution in [3.05, 3.63) is 29.3 Å². The first-order valence-electron chi connectivity index (χ1n) is 8.27. The zero-order chi connectivity index (χ0) is 16.9. The summed E-state index contributed by atoms with van der Waals surface area (Å²) in [6.45, 7) is 9.91. The van der Waals surface area contributed by atoms with E-state index in [0.717, 1.165) is 38.2 Å². The summed E-state index contributed by atoms with van der Waals surface area (Å²) in [5, 5.41) is 11.9. The second-order valence-electron chi connectivity index (χ2n) is 6.78. The second-order valence-corrected chi connectivity index (χ2v) is 6.78. The van der Waals surface area contributed by atoms with Crippen LogP contribution in [0.25, 0.3) is 0 Å². The summed E-state index contributed by atoms with van der Waals surface area (Å²) in [4.78, 5) is 13.1. The molecule has 0 aliphatic carbocycles. The van der Waals surface area contributed by atoms with Crippen LogP contribution in [0.15, 0.2) is 18.2 Å². The van der Waals surface area contributed by atoms with Crippen molar-refractivity contribution in [3.63, 3.8) is 0 Å². The van der Waals surface area contributed by atoms with E-state index in [4.69, 9.17) is 9.84 Å². The summed E-state index contributed by atoms with van der Waals surface area (Å²) in [6, 6.07) is 6.19. The molecule has 0 unspecified atom stereocenters. The van der Waals surface area contributed by atoms with Gasteiger partial charge in [-0.3, -0.25) is 4.79 Å². The topological polar surface area (TPSA) is 61.8 Å². The maximum absolute atomic E-state index is 10.7. The number of carbonyl (C=O) groups is 1. The first-order valence-corrected chi connectivity index (χ1v) is 8.27. The van der Waals surface area contributed by atoms with Crippen molar-refractivity contribution in [1.29, 1.82) is 0 Å². The molecule has 2 rings (SSSR count). The van der Waals surface area contributed by atoms with Crippen LogP contribution in [0.5, 0.6) is 5.75 Å². The molecule has 1 atom stereocenters. The minimum atomic E-state index is -0.800. The quantitative estimate of drug-likeness (QED) is 0.719. The molecule has 1 aliphatic heterocycles. The third-order valence-electron chi connectivity index (χ3n) is 4.58. The van der Waals surface area contributed by atoms with Crippen molar-refractivity contribution in [1.82, 2.24) is 10.2 Å². The Morgan fingerprint density at radius 1 is 1.39 bits per heavy atom. The summed E-state index contributed by atoms with van der Waals surface area (Å²) in [5.41, 5.74) is 2.44. The molecule has 1 aromatic rings. The van der Waals surface area contributed by atoms with Crippen molar-refractivity contribution in [3.8, 4) is 5.75 Å². The molecular weight excluding hydrogens is 292 g/mol. The molecule has 0 bridgehead atoms. The van der Waals surface area contributed by atoms with Gasteiger partial charge in [0.05, 0.1) is 13.2 Å². The lowest BCUT2D eigenvalue weighted by Gasteiger charge is -2.25. The SMILES string of the molecule is Cc1ccc(OCCCN2CC[C@@](C)(NCC(=O)O)C2)cc1C. The monoisotopic (exact) mass is 320 g/mol.